The molecule has 1 saturated carbocycles. The minimum atomic E-state index is 0.252. The fourth-order valence-corrected chi connectivity index (χ4v) is 3.90. The van der Waals surface area contributed by atoms with Crippen molar-refractivity contribution in [2.75, 3.05) is 0 Å². The summed E-state index contributed by atoms with van der Waals surface area (Å²) in [7, 11) is 0. The third-order valence-corrected chi connectivity index (χ3v) is 5.36. The highest BCUT2D eigenvalue weighted by Crippen LogP contribution is 2.45. The predicted octanol–water partition coefficient (Wildman–Crippen LogP) is 5.41. The first-order valence-corrected chi connectivity index (χ1v) is 8.85. The van der Waals surface area contributed by atoms with E-state index in [9.17, 15) is 0 Å². The zero-order chi connectivity index (χ0) is 15.4. The number of halogens is 2. The molecule has 6 heteroatoms. The van der Waals surface area contributed by atoms with Crippen LogP contribution in [0.25, 0.3) is 22.3 Å². The van der Waals surface area contributed by atoms with Gasteiger partial charge in [-0.15, -0.1) is 0 Å². The molecule has 0 radical (unpaired) electrons. The Morgan fingerprint density at radius 3 is 2.77 bits per heavy atom. The smallest absolute Gasteiger partial charge is 0.153 e. The van der Waals surface area contributed by atoms with Crippen molar-refractivity contribution in [2.45, 2.75) is 38.6 Å². The molecule has 114 valence electrons. The molecule has 0 saturated heterocycles. The number of rotatable bonds is 3. The Morgan fingerprint density at radius 2 is 2.09 bits per heavy atom. The van der Waals surface area contributed by atoms with Crippen molar-refractivity contribution in [1.82, 2.24) is 14.9 Å². The molecule has 2 aromatic heterocycles. The second-order valence-electron chi connectivity index (χ2n) is 6.00. The lowest BCUT2D eigenvalue weighted by Crippen LogP contribution is -2.02. The largest absolute Gasteiger partial charge is 0.359 e. The van der Waals surface area contributed by atoms with Crippen LogP contribution < -0.4 is 0 Å². The molecule has 2 heterocycles. The average Bonchev–Trinajstić information content (AvgIpc) is 3.13. The van der Waals surface area contributed by atoms with Crippen molar-refractivity contribution >= 4 is 45.1 Å². The molecule has 1 fully saturated rings. The van der Waals surface area contributed by atoms with Crippen LogP contribution in [-0.4, -0.2) is 14.9 Å². The van der Waals surface area contributed by atoms with E-state index in [4.69, 9.17) is 21.2 Å². The number of hydrogen-bond donors (Lipinski definition) is 0. The highest BCUT2D eigenvalue weighted by atomic mass is 127. The maximum Gasteiger partial charge on any atom is 0.153 e. The molecule has 4 nitrogen and oxygen atoms in total. The normalized spacial score (nSPS) is 15.1. The lowest BCUT2D eigenvalue weighted by Gasteiger charge is -2.06. The molecule has 22 heavy (non-hydrogen) atoms. The van der Waals surface area contributed by atoms with Gasteiger partial charge in [0.2, 0.25) is 0 Å². The van der Waals surface area contributed by atoms with Gasteiger partial charge in [0.1, 0.15) is 11.4 Å². The van der Waals surface area contributed by atoms with E-state index in [0.717, 1.165) is 31.6 Å². The molecule has 0 atom stereocenters. The summed E-state index contributed by atoms with van der Waals surface area (Å²) in [6.07, 6.45) is 2.37. The molecule has 0 bridgehead atoms. The van der Waals surface area contributed by atoms with Gasteiger partial charge in [0.15, 0.2) is 5.76 Å². The zero-order valence-corrected chi connectivity index (χ0v) is 15.2. The van der Waals surface area contributed by atoms with Gasteiger partial charge in [-0.3, -0.25) is 4.68 Å². The molecule has 0 aliphatic heterocycles. The number of fused-ring (bicyclic) bond motifs is 1. The van der Waals surface area contributed by atoms with Crippen LogP contribution in [0.5, 0.6) is 0 Å². The lowest BCUT2D eigenvalue weighted by molar-refractivity contribution is 0.385. The van der Waals surface area contributed by atoms with Gasteiger partial charge in [0.25, 0.3) is 0 Å². The van der Waals surface area contributed by atoms with E-state index in [1.165, 1.54) is 12.8 Å². The number of nitrogens with zero attached hydrogens (tertiary/aromatic N) is 3. The van der Waals surface area contributed by atoms with Crippen LogP contribution in [0.1, 0.15) is 44.4 Å². The highest BCUT2D eigenvalue weighted by molar-refractivity contribution is 14.1. The van der Waals surface area contributed by atoms with Gasteiger partial charge in [-0.25, -0.2) is 0 Å². The van der Waals surface area contributed by atoms with Crippen LogP contribution >= 0.6 is 34.2 Å². The summed E-state index contributed by atoms with van der Waals surface area (Å²) >= 11 is 8.77. The summed E-state index contributed by atoms with van der Waals surface area (Å²) in [6, 6.07) is 6.15. The first kappa shape index (κ1) is 14.5. The first-order chi connectivity index (χ1) is 10.6. The molecular weight excluding hydrogens is 413 g/mol. The zero-order valence-electron chi connectivity index (χ0n) is 12.3. The van der Waals surface area contributed by atoms with Crippen molar-refractivity contribution < 1.29 is 4.52 Å². The molecule has 1 aromatic carbocycles. The van der Waals surface area contributed by atoms with Crippen LogP contribution in [-0.2, 0) is 0 Å². The molecule has 3 aromatic rings. The molecule has 0 spiro atoms. The maximum atomic E-state index is 6.45. The van der Waals surface area contributed by atoms with Crippen LogP contribution in [0.4, 0.5) is 0 Å². The summed E-state index contributed by atoms with van der Waals surface area (Å²) in [4.78, 5) is 0. The van der Waals surface area contributed by atoms with Crippen molar-refractivity contribution in [3.63, 3.8) is 0 Å². The summed E-state index contributed by atoms with van der Waals surface area (Å²) in [5.74, 6) is 1.52. The quantitative estimate of drug-likeness (QED) is 0.525. The van der Waals surface area contributed by atoms with Gasteiger partial charge in [0, 0.05) is 17.3 Å². The molecule has 1 aliphatic rings. The molecule has 0 N–H and O–H groups in total. The second-order valence-corrected chi connectivity index (χ2v) is 7.49. The SMILES string of the molecule is CC(C)n1nc(-c2noc(C3CC3)c2I)c2c(Cl)cccc21. The highest BCUT2D eigenvalue weighted by Gasteiger charge is 2.33. The second kappa shape index (κ2) is 5.23. The average molecular weight is 428 g/mol. The van der Waals surface area contributed by atoms with Gasteiger partial charge in [0.05, 0.1) is 14.1 Å². The number of benzene rings is 1. The Labute approximate surface area is 146 Å². The monoisotopic (exact) mass is 427 g/mol. The Hall–Kier alpha value is -1.08. The third-order valence-electron chi connectivity index (χ3n) is 4.00. The van der Waals surface area contributed by atoms with Crippen LogP contribution in [0.3, 0.4) is 0 Å². The fraction of sp³-hybridized carbons (Fsp3) is 0.375. The Bertz CT molecular complexity index is 864. The standard InChI is InChI=1S/C16H15ClIN3O/c1-8(2)21-11-5-3-4-10(17)12(11)14(19-21)15-13(18)16(22-20-15)9-6-7-9/h3-5,8-9H,6-7H2,1-2H3. The van der Waals surface area contributed by atoms with Gasteiger partial charge in [-0.1, -0.05) is 22.8 Å². The van der Waals surface area contributed by atoms with Gasteiger partial charge in [-0.2, -0.15) is 5.10 Å². The predicted molar refractivity (Wildman–Crippen MR) is 95.3 cm³/mol. The van der Waals surface area contributed by atoms with Gasteiger partial charge < -0.3 is 4.52 Å². The van der Waals surface area contributed by atoms with E-state index in [0.29, 0.717) is 10.9 Å². The van der Waals surface area contributed by atoms with Crippen LogP contribution in [0.15, 0.2) is 22.7 Å². The topological polar surface area (TPSA) is 43.9 Å². The van der Waals surface area contributed by atoms with Crippen molar-refractivity contribution in [2.24, 2.45) is 0 Å². The van der Waals surface area contributed by atoms with E-state index >= 15 is 0 Å². The van der Waals surface area contributed by atoms with E-state index < -0.39 is 0 Å². The summed E-state index contributed by atoms with van der Waals surface area (Å²) < 4.78 is 8.65. The number of hydrogen-bond acceptors (Lipinski definition) is 3. The minimum Gasteiger partial charge on any atom is -0.359 e. The summed E-state index contributed by atoms with van der Waals surface area (Å²) in [6.45, 7) is 4.22. The van der Waals surface area contributed by atoms with Crippen LogP contribution in [0.2, 0.25) is 5.02 Å². The summed E-state index contributed by atoms with van der Waals surface area (Å²) in [5.41, 5.74) is 2.65. The Morgan fingerprint density at radius 1 is 1.32 bits per heavy atom. The van der Waals surface area contributed by atoms with Crippen LogP contribution in [0, 0.1) is 3.57 Å². The minimum absolute atomic E-state index is 0.252. The maximum absolute atomic E-state index is 6.45. The van der Waals surface area contributed by atoms with E-state index in [-0.39, 0.29) is 6.04 Å². The van der Waals surface area contributed by atoms with Crippen molar-refractivity contribution in [1.29, 1.82) is 0 Å². The van der Waals surface area contributed by atoms with E-state index in [1.807, 2.05) is 22.9 Å². The van der Waals surface area contributed by atoms with Gasteiger partial charge >= 0.3 is 0 Å². The molecule has 0 amide bonds. The lowest BCUT2D eigenvalue weighted by atomic mass is 10.1. The molecular formula is C16H15ClIN3O. The van der Waals surface area contributed by atoms with Crippen molar-refractivity contribution in [3.05, 3.63) is 32.6 Å². The molecule has 1 aliphatic carbocycles. The molecule has 4 rings (SSSR count). The summed E-state index contributed by atoms with van der Waals surface area (Å²) in [5, 5.41) is 10.7. The van der Waals surface area contributed by atoms with E-state index in [2.05, 4.69) is 41.6 Å². The van der Waals surface area contributed by atoms with Gasteiger partial charge in [-0.05, 0) is 61.4 Å². The Kier molecular flexibility index (Phi) is 3.45. The van der Waals surface area contributed by atoms with E-state index in [1.54, 1.807) is 0 Å². The molecule has 0 unspecified atom stereocenters. The fourth-order valence-electron chi connectivity index (χ4n) is 2.75. The van der Waals surface area contributed by atoms with Crippen molar-refractivity contribution in [3.8, 4) is 11.4 Å². The number of aromatic nitrogens is 3. The Balaban J connectivity index is 1.98. The third kappa shape index (κ3) is 2.17. The first-order valence-electron chi connectivity index (χ1n) is 7.40.